The van der Waals surface area contributed by atoms with E-state index in [1.54, 1.807) is 19.4 Å². The average molecular weight is 408 g/mol. The molecule has 0 bridgehead atoms. The smallest absolute Gasteiger partial charge is 0.275 e. The van der Waals surface area contributed by atoms with Gasteiger partial charge in [0.1, 0.15) is 21.6 Å². The molecule has 4 rings (SSSR count). The summed E-state index contributed by atoms with van der Waals surface area (Å²) in [6.45, 7) is 4.40. The summed E-state index contributed by atoms with van der Waals surface area (Å²) in [6.07, 6.45) is 5.37. The molecule has 29 heavy (non-hydrogen) atoms. The van der Waals surface area contributed by atoms with Gasteiger partial charge in [0.2, 0.25) is 0 Å². The summed E-state index contributed by atoms with van der Waals surface area (Å²) in [5, 5.41) is 13.9. The van der Waals surface area contributed by atoms with E-state index in [1.165, 1.54) is 22.2 Å². The van der Waals surface area contributed by atoms with Crippen molar-refractivity contribution in [3.05, 3.63) is 65.4 Å². The molecular weight excluding hydrogens is 388 g/mol. The number of rotatable bonds is 7. The number of aromatic nitrogens is 2. The number of fused-ring (bicyclic) bond motifs is 2. The SMILES string of the molecule is C=CC(=NCCCO)c1c(NC)sc2c(=O)n(-c3ccc4occc4c3)cnc12. The third-order valence-electron chi connectivity index (χ3n) is 4.59. The third-order valence-corrected chi connectivity index (χ3v) is 5.77. The number of thiophene rings is 1. The topological polar surface area (TPSA) is 92.7 Å². The van der Waals surface area contributed by atoms with Crippen LogP contribution in [0.25, 0.3) is 26.9 Å². The van der Waals surface area contributed by atoms with Crippen LogP contribution >= 0.6 is 11.3 Å². The Morgan fingerprint density at radius 1 is 1.45 bits per heavy atom. The minimum Gasteiger partial charge on any atom is -0.464 e. The molecule has 0 aliphatic heterocycles. The molecule has 7 nitrogen and oxygen atoms in total. The van der Waals surface area contributed by atoms with Gasteiger partial charge in [0, 0.05) is 25.6 Å². The van der Waals surface area contributed by atoms with E-state index in [9.17, 15) is 4.79 Å². The van der Waals surface area contributed by atoms with Crippen LogP contribution in [0.15, 0.2) is 63.7 Å². The molecule has 148 valence electrons. The molecule has 2 N–H and O–H groups in total. The maximum absolute atomic E-state index is 13.2. The molecular formula is C21H20N4O3S. The molecule has 0 unspecified atom stereocenters. The average Bonchev–Trinajstić information content (AvgIpc) is 3.36. The van der Waals surface area contributed by atoms with Crippen molar-refractivity contribution in [2.75, 3.05) is 25.5 Å². The van der Waals surface area contributed by atoms with E-state index < -0.39 is 0 Å². The molecule has 0 atom stereocenters. The van der Waals surface area contributed by atoms with Crippen LogP contribution in [0.4, 0.5) is 5.00 Å². The van der Waals surface area contributed by atoms with Gasteiger partial charge >= 0.3 is 0 Å². The summed E-state index contributed by atoms with van der Waals surface area (Å²) in [7, 11) is 1.80. The number of allylic oxidation sites excluding steroid dienone is 1. The second-order valence-electron chi connectivity index (χ2n) is 6.34. The molecule has 1 aromatic carbocycles. The lowest BCUT2D eigenvalue weighted by Crippen LogP contribution is -2.18. The lowest BCUT2D eigenvalue weighted by Gasteiger charge is -2.06. The van der Waals surface area contributed by atoms with Crippen molar-refractivity contribution in [1.82, 2.24) is 9.55 Å². The van der Waals surface area contributed by atoms with Crippen LogP contribution < -0.4 is 10.9 Å². The Labute approximate surface area is 170 Å². The highest BCUT2D eigenvalue weighted by Gasteiger charge is 2.20. The zero-order valence-electron chi connectivity index (χ0n) is 15.9. The highest BCUT2D eigenvalue weighted by atomic mass is 32.1. The van der Waals surface area contributed by atoms with Crippen LogP contribution in [-0.2, 0) is 0 Å². The summed E-state index contributed by atoms with van der Waals surface area (Å²) in [5.41, 5.74) is 3.34. The fraction of sp³-hybridized carbons (Fsp3) is 0.190. The van der Waals surface area contributed by atoms with Gasteiger partial charge in [-0.05, 0) is 36.8 Å². The van der Waals surface area contributed by atoms with Gasteiger partial charge in [0.15, 0.2) is 0 Å². The number of aliphatic hydroxyl groups is 1. The van der Waals surface area contributed by atoms with Crippen LogP contribution in [-0.4, -0.2) is 40.6 Å². The highest BCUT2D eigenvalue weighted by Crippen LogP contribution is 2.33. The molecule has 4 aromatic rings. The van der Waals surface area contributed by atoms with Crippen molar-refractivity contribution in [2.45, 2.75) is 6.42 Å². The summed E-state index contributed by atoms with van der Waals surface area (Å²) < 4.78 is 7.44. The van der Waals surface area contributed by atoms with Crippen molar-refractivity contribution in [3.8, 4) is 5.69 Å². The van der Waals surface area contributed by atoms with Crippen LogP contribution in [0.1, 0.15) is 12.0 Å². The molecule has 3 aromatic heterocycles. The number of furan rings is 1. The quantitative estimate of drug-likeness (QED) is 0.360. The van der Waals surface area contributed by atoms with Crippen LogP contribution in [0.5, 0.6) is 0 Å². The normalized spacial score (nSPS) is 12.0. The standard InChI is InChI=1S/C21H20N4O3S/c1-3-15(23-8-4-9-26)17-18-19(29-20(17)22-2)21(27)25(12-24-18)14-5-6-16-13(11-14)7-10-28-16/h3,5-7,10-12,22,26H,1,4,8-9H2,2H3. The van der Waals surface area contributed by atoms with Gasteiger partial charge in [-0.1, -0.05) is 6.58 Å². The molecule has 8 heteroatoms. The predicted molar refractivity (Wildman–Crippen MR) is 118 cm³/mol. The van der Waals surface area contributed by atoms with Gasteiger partial charge in [-0.3, -0.25) is 14.4 Å². The lowest BCUT2D eigenvalue weighted by molar-refractivity contribution is 0.291. The second-order valence-corrected chi connectivity index (χ2v) is 7.37. The highest BCUT2D eigenvalue weighted by molar-refractivity contribution is 7.23. The zero-order valence-corrected chi connectivity index (χ0v) is 16.7. The van der Waals surface area contributed by atoms with E-state index in [2.05, 4.69) is 21.9 Å². The molecule has 0 fully saturated rings. The Balaban J connectivity index is 1.88. The Morgan fingerprint density at radius 2 is 2.31 bits per heavy atom. The maximum Gasteiger partial charge on any atom is 0.275 e. The molecule has 0 aliphatic rings. The molecule has 0 spiro atoms. The summed E-state index contributed by atoms with van der Waals surface area (Å²) in [6, 6.07) is 7.42. The first kappa shape index (κ1) is 19.1. The fourth-order valence-corrected chi connectivity index (χ4v) is 4.23. The van der Waals surface area contributed by atoms with Crippen molar-refractivity contribution < 1.29 is 9.52 Å². The number of hydrogen-bond acceptors (Lipinski definition) is 7. The largest absolute Gasteiger partial charge is 0.464 e. The first-order chi connectivity index (χ1) is 14.2. The second kappa shape index (κ2) is 8.02. The third kappa shape index (κ3) is 3.37. The zero-order chi connectivity index (χ0) is 20.4. The number of benzene rings is 1. The van der Waals surface area contributed by atoms with Gasteiger partial charge in [0.05, 0.1) is 28.7 Å². The van der Waals surface area contributed by atoms with Gasteiger partial charge < -0.3 is 14.8 Å². The van der Waals surface area contributed by atoms with Crippen molar-refractivity contribution in [3.63, 3.8) is 0 Å². The maximum atomic E-state index is 13.2. The number of hydrogen-bond donors (Lipinski definition) is 2. The Kier molecular flexibility index (Phi) is 5.28. The van der Waals surface area contributed by atoms with Crippen molar-refractivity contribution in [1.29, 1.82) is 0 Å². The Morgan fingerprint density at radius 3 is 3.07 bits per heavy atom. The minimum absolute atomic E-state index is 0.0706. The van der Waals surface area contributed by atoms with E-state index in [0.29, 0.717) is 28.9 Å². The molecule has 0 amide bonds. The monoisotopic (exact) mass is 408 g/mol. The summed E-state index contributed by atoms with van der Waals surface area (Å²) >= 11 is 1.34. The summed E-state index contributed by atoms with van der Waals surface area (Å²) in [4.78, 5) is 22.3. The van der Waals surface area contributed by atoms with Gasteiger partial charge in [0.25, 0.3) is 5.56 Å². The van der Waals surface area contributed by atoms with Crippen LogP contribution in [0, 0.1) is 0 Å². The number of nitrogens with one attached hydrogen (secondary N) is 1. The molecule has 0 saturated carbocycles. The first-order valence-corrected chi connectivity index (χ1v) is 9.97. The Bertz CT molecular complexity index is 1280. The number of aliphatic imine (C=N–C) groups is 1. The van der Waals surface area contributed by atoms with Crippen LogP contribution in [0.3, 0.4) is 0 Å². The van der Waals surface area contributed by atoms with E-state index in [-0.39, 0.29) is 12.2 Å². The van der Waals surface area contributed by atoms with E-state index in [1.807, 2.05) is 24.3 Å². The first-order valence-electron chi connectivity index (χ1n) is 9.15. The molecule has 0 aliphatic carbocycles. The van der Waals surface area contributed by atoms with Gasteiger partial charge in [-0.15, -0.1) is 11.3 Å². The summed E-state index contributed by atoms with van der Waals surface area (Å²) in [5.74, 6) is 0. The number of anilines is 1. The van der Waals surface area contributed by atoms with E-state index in [4.69, 9.17) is 9.52 Å². The van der Waals surface area contributed by atoms with Crippen molar-refractivity contribution in [2.24, 2.45) is 4.99 Å². The van der Waals surface area contributed by atoms with E-state index >= 15 is 0 Å². The Hall–Kier alpha value is -3.23. The lowest BCUT2D eigenvalue weighted by atomic mass is 10.1. The van der Waals surface area contributed by atoms with E-state index in [0.717, 1.165) is 27.2 Å². The minimum atomic E-state index is -0.149. The number of aliphatic hydroxyl groups excluding tert-OH is 1. The molecule has 3 heterocycles. The van der Waals surface area contributed by atoms with Crippen molar-refractivity contribution >= 4 is 43.2 Å². The number of nitrogens with zero attached hydrogens (tertiary/aromatic N) is 3. The van der Waals surface area contributed by atoms with Gasteiger partial charge in [-0.25, -0.2) is 4.98 Å². The van der Waals surface area contributed by atoms with Gasteiger partial charge in [-0.2, -0.15) is 0 Å². The molecule has 0 saturated heterocycles. The molecule has 0 radical (unpaired) electrons. The predicted octanol–water partition coefficient (Wildman–Crippen LogP) is 3.59. The fourth-order valence-electron chi connectivity index (χ4n) is 3.19. The van der Waals surface area contributed by atoms with Crippen LogP contribution in [0.2, 0.25) is 0 Å².